The van der Waals surface area contributed by atoms with Gasteiger partial charge in [-0.15, -0.1) is 23.7 Å². The van der Waals surface area contributed by atoms with Crippen LogP contribution in [0.3, 0.4) is 0 Å². The van der Waals surface area contributed by atoms with Crippen LogP contribution in [0, 0.1) is 0 Å². The summed E-state index contributed by atoms with van der Waals surface area (Å²) in [6.07, 6.45) is 0. The molecule has 0 bridgehead atoms. The van der Waals surface area contributed by atoms with E-state index in [4.69, 9.17) is 5.73 Å². The Morgan fingerprint density at radius 3 is 2.67 bits per heavy atom. The lowest BCUT2D eigenvalue weighted by molar-refractivity contribution is 0.842. The number of aromatic nitrogens is 1. The molecule has 2 heterocycles. The Hall–Kier alpha value is -0.420. The fraction of sp³-hybridized carbons (Fsp3) is 0.100. The summed E-state index contributed by atoms with van der Waals surface area (Å²) in [6.45, 7) is 0. The minimum Gasteiger partial charge on any atom is -0.318 e. The van der Waals surface area contributed by atoms with E-state index in [1.807, 2.05) is 35.7 Å². The molecular formula is C10H10BrClN2S. The fourth-order valence-electron chi connectivity index (χ4n) is 1.21. The molecule has 1 atom stereocenters. The minimum atomic E-state index is -0.118. The first-order valence-corrected chi connectivity index (χ1v) is 5.86. The molecule has 0 aliphatic carbocycles. The standard InChI is InChI=1S/C10H9BrN2S.ClH/c11-9-5-1-3-7(13-9)10(12)8-4-2-6-14-8;/h1-6,10H,12H2;1H/t10-;/m1./s1. The molecule has 2 nitrogen and oxygen atoms in total. The zero-order chi connectivity index (χ0) is 9.97. The first kappa shape index (κ1) is 12.6. The molecule has 2 rings (SSSR count). The van der Waals surface area contributed by atoms with Gasteiger partial charge in [0.1, 0.15) is 4.60 Å². The Bertz CT molecular complexity index is 419. The molecule has 0 aliphatic heterocycles. The molecular weight excluding hydrogens is 296 g/mol. The number of pyridine rings is 1. The van der Waals surface area contributed by atoms with Crippen molar-refractivity contribution in [2.45, 2.75) is 6.04 Å². The van der Waals surface area contributed by atoms with Crippen LogP contribution < -0.4 is 5.73 Å². The highest BCUT2D eigenvalue weighted by molar-refractivity contribution is 9.10. The van der Waals surface area contributed by atoms with Crippen molar-refractivity contribution < 1.29 is 0 Å². The van der Waals surface area contributed by atoms with Crippen LogP contribution in [0.15, 0.2) is 40.3 Å². The van der Waals surface area contributed by atoms with E-state index >= 15 is 0 Å². The predicted molar refractivity (Wildman–Crippen MR) is 69.5 cm³/mol. The van der Waals surface area contributed by atoms with E-state index in [2.05, 4.69) is 20.9 Å². The number of hydrogen-bond acceptors (Lipinski definition) is 3. The second-order valence-corrected chi connectivity index (χ2v) is 4.67. The summed E-state index contributed by atoms with van der Waals surface area (Å²) < 4.78 is 0.821. The highest BCUT2D eigenvalue weighted by Crippen LogP contribution is 2.23. The number of rotatable bonds is 2. The molecule has 0 fully saturated rings. The lowest BCUT2D eigenvalue weighted by Gasteiger charge is -2.08. The third-order valence-electron chi connectivity index (χ3n) is 1.90. The summed E-state index contributed by atoms with van der Waals surface area (Å²) in [7, 11) is 0. The Balaban J connectivity index is 0.00000112. The SMILES string of the molecule is Cl.N[C@H](c1cccc(Br)n1)c1cccs1. The second-order valence-electron chi connectivity index (χ2n) is 2.88. The van der Waals surface area contributed by atoms with Crippen molar-refractivity contribution in [2.75, 3.05) is 0 Å². The summed E-state index contributed by atoms with van der Waals surface area (Å²) >= 11 is 4.98. The van der Waals surface area contributed by atoms with Crippen LogP contribution in [0.2, 0.25) is 0 Å². The van der Waals surface area contributed by atoms with Crippen molar-refractivity contribution in [3.63, 3.8) is 0 Å². The van der Waals surface area contributed by atoms with E-state index in [9.17, 15) is 0 Å². The van der Waals surface area contributed by atoms with Gasteiger partial charge in [0.2, 0.25) is 0 Å². The van der Waals surface area contributed by atoms with Gasteiger partial charge < -0.3 is 5.73 Å². The van der Waals surface area contributed by atoms with E-state index in [0.717, 1.165) is 15.2 Å². The van der Waals surface area contributed by atoms with Gasteiger partial charge in [-0.25, -0.2) is 4.98 Å². The fourth-order valence-corrected chi connectivity index (χ4v) is 2.31. The molecule has 0 saturated heterocycles. The second kappa shape index (κ2) is 5.61. The maximum Gasteiger partial charge on any atom is 0.106 e. The molecule has 0 saturated carbocycles. The molecule has 2 aromatic heterocycles. The monoisotopic (exact) mass is 304 g/mol. The summed E-state index contributed by atoms with van der Waals surface area (Å²) in [6, 6.07) is 9.68. The molecule has 15 heavy (non-hydrogen) atoms. The van der Waals surface area contributed by atoms with E-state index in [1.165, 1.54) is 0 Å². The summed E-state index contributed by atoms with van der Waals surface area (Å²) in [5, 5.41) is 2.02. The Kier molecular flexibility index (Phi) is 4.73. The van der Waals surface area contributed by atoms with Crippen LogP contribution in [0.25, 0.3) is 0 Å². The van der Waals surface area contributed by atoms with Gasteiger partial charge in [0.15, 0.2) is 0 Å². The summed E-state index contributed by atoms with van der Waals surface area (Å²) in [5.74, 6) is 0. The quantitative estimate of drug-likeness (QED) is 0.864. The average Bonchev–Trinajstić information content (AvgIpc) is 2.69. The molecule has 0 spiro atoms. The van der Waals surface area contributed by atoms with Crippen molar-refractivity contribution in [1.82, 2.24) is 4.98 Å². The van der Waals surface area contributed by atoms with E-state index < -0.39 is 0 Å². The van der Waals surface area contributed by atoms with Gasteiger partial charge in [-0.2, -0.15) is 0 Å². The minimum absolute atomic E-state index is 0. The van der Waals surface area contributed by atoms with Gasteiger partial charge in [0.05, 0.1) is 11.7 Å². The van der Waals surface area contributed by atoms with Gasteiger partial charge in [0.25, 0.3) is 0 Å². The van der Waals surface area contributed by atoms with Crippen LogP contribution in [0.1, 0.15) is 16.6 Å². The zero-order valence-corrected chi connectivity index (χ0v) is 11.0. The Labute approximate surface area is 107 Å². The first-order chi connectivity index (χ1) is 6.77. The van der Waals surface area contributed by atoms with E-state index in [1.54, 1.807) is 11.3 Å². The third-order valence-corrected chi connectivity index (χ3v) is 3.30. The van der Waals surface area contributed by atoms with Crippen LogP contribution in [0.5, 0.6) is 0 Å². The highest BCUT2D eigenvalue weighted by Gasteiger charge is 2.10. The maximum atomic E-state index is 6.06. The maximum absolute atomic E-state index is 6.06. The lowest BCUT2D eigenvalue weighted by Crippen LogP contribution is -2.11. The normalized spacial score (nSPS) is 11.9. The number of nitrogens with two attached hydrogens (primary N) is 1. The molecule has 2 N–H and O–H groups in total. The van der Waals surface area contributed by atoms with Gasteiger partial charge in [-0.05, 0) is 39.5 Å². The highest BCUT2D eigenvalue weighted by atomic mass is 79.9. The topological polar surface area (TPSA) is 38.9 Å². The molecule has 0 unspecified atom stereocenters. The molecule has 2 aromatic rings. The van der Waals surface area contributed by atoms with Crippen molar-refractivity contribution >= 4 is 39.7 Å². The number of thiophene rings is 1. The molecule has 80 valence electrons. The predicted octanol–water partition coefficient (Wildman–Crippen LogP) is 3.38. The third kappa shape index (κ3) is 3.01. The molecule has 0 aromatic carbocycles. The average molecular weight is 306 g/mol. The molecule has 0 aliphatic rings. The number of halogens is 2. The number of hydrogen-bond donors (Lipinski definition) is 1. The lowest BCUT2D eigenvalue weighted by atomic mass is 10.2. The Morgan fingerprint density at radius 1 is 1.27 bits per heavy atom. The summed E-state index contributed by atoms with van der Waals surface area (Å²) in [4.78, 5) is 5.46. The van der Waals surface area contributed by atoms with Gasteiger partial charge in [-0.1, -0.05) is 12.1 Å². The van der Waals surface area contributed by atoms with Crippen molar-refractivity contribution in [3.05, 3.63) is 50.9 Å². The summed E-state index contributed by atoms with van der Waals surface area (Å²) in [5.41, 5.74) is 6.95. The van der Waals surface area contributed by atoms with Gasteiger partial charge >= 0.3 is 0 Å². The first-order valence-electron chi connectivity index (χ1n) is 4.19. The van der Waals surface area contributed by atoms with Crippen molar-refractivity contribution in [2.24, 2.45) is 5.73 Å². The largest absolute Gasteiger partial charge is 0.318 e. The molecule has 5 heteroatoms. The molecule has 0 radical (unpaired) electrons. The Morgan fingerprint density at radius 2 is 2.07 bits per heavy atom. The molecule has 0 amide bonds. The van der Waals surface area contributed by atoms with E-state index in [-0.39, 0.29) is 18.4 Å². The smallest absolute Gasteiger partial charge is 0.106 e. The van der Waals surface area contributed by atoms with Crippen LogP contribution in [-0.4, -0.2) is 4.98 Å². The van der Waals surface area contributed by atoms with Crippen molar-refractivity contribution in [1.29, 1.82) is 0 Å². The van der Waals surface area contributed by atoms with Crippen molar-refractivity contribution in [3.8, 4) is 0 Å². The van der Waals surface area contributed by atoms with Crippen LogP contribution in [-0.2, 0) is 0 Å². The number of nitrogens with zero attached hydrogens (tertiary/aromatic N) is 1. The van der Waals surface area contributed by atoms with Crippen LogP contribution in [0.4, 0.5) is 0 Å². The van der Waals surface area contributed by atoms with Gasteiger partial charge in [-0.3, -0.25) is 0 Å². The van der Waals surface area contributed by atoms with E-state index in [0.29, 0.717) is 0 Å². The van der Waals surface area contributed by atoms with Gasteiger partial charge in [0, 0.05) is 4.88 Å². The zero-order valence-electron chi connectivity index (χ0n) is 7.76. The van der Waals surface area contributed by atoms with Crippen LogP contribution >= 0.6 is 39.7 Å².